The monoisotopic (exact) mass is 368 g/mol. The summed E-state index contributed by atoms with van der Waals surface area (Å²) in [5, 5.41) is 13.0. The first-order valence-electron chi connectivity index (χ1n) is 7.17. The second-order valence-corrected chi connectivity index (χ2v) is 6.72. The molecule has 2 aromatic rings. The van der Waals surface area contributed by atoms with E-state index in [1.165, 1.54) is 16.7 Å². The van der Waals surface area contributed by atoms with Crippen molar-refractivity contribution in [1.29, 1.82) is 0 Å². The van der Waals surface area contributed by atoms with Gasteiger partial charge in [0, 0.05) is 6.54 Å². The minimum atomic E-state index is -3.88. The average Bonchev–Trinajstić information content (AvgIpc) is 3.01. The largest absolute Gasteiger partial charge is 0.381 e. The summed E-state index contributed by atoms with van der Waals surface area (Å²) in [6, 6.07) is 6.19. The maximum atomic E-state index is 11.9. The van der Waals surface area contributed by atoms with Gasteiger partial charge in [-0.25, -0.2) is 0 Å². The fourth-order valence-electron chi connectivity index (χ4n) is 1.87. The number of carbonyl (C=O) groups excluding carboxylic acids is 1. The summed E-state index contributed by atoms with van der Waals surface area (Å²) in [6.07, 6.45) is 2.29. The Hall–Kier alpha value is -2.79. The summed E-state index contributed by atoms with van der Waals surface area (Å²) < 4.78 is 30.0. The lowest BCUT2D eigenvalue weighted by Crippen LogP contribution is -2.30. The predicted molar refractivity (Wildman–Crippen MR) is 86.2 cm³/mol. The number of aryl methyl sites for hydroxylation is 1. The maximum absolute atomic E-state index is 11.9. The molecule has 0 spiro atoms. The number of hydrogen-bond donors (Lipinski definition) is 1. The first kappa shape index (κ1) is 18.5. The molecule has 11 heteroatoms. The van der Waals surface area contributed by atoms with E-state index < -0.39 is 20.9 Å². The summed E-state index contributed by atoms with van der Waals surface area (Å²) in [4.78, 5) is 25.1. The van der Waals surface area contributed by atoms with Crippen LogP contribution in [0.15, 0.2) is 41.7 Å². The van der Waals surface area contributed by atoms with E-state index in [1.54, 1.807) is 12.1 Å². The lowest BCUT2D eigenvalue weighted by molar-refractivity contribution is -0.389. The Morgan fingerprint density at radius 1 is 1.36 bits per heavy atom. The average molecular weight is 368 g/mol. The number of carbonyl (C=O) groups is 1. The number of benzene rings is 1. The fourth-order valence-corrected chi connectivity index (χ4v) is 2.77. The van der Waals surface area contributed by atoms with E-state index >= 15 is 0 Å². The molecule has 25 heavy (non-hydrogen) atoms. The van der Waals surface area contributed by atoms with Crippen molar-refractivity contribution in [2.45, 2.75) is 18.4 Å². The third-order valence-electron chi connectivity index (χ3n) is 3.11. The molecule has 134 valence electrons. The molecule has 1 N–H and O–H groups in total. The fraction of sp³-hybridized carbons (Fsp3) is 0.286. The van der Waals surface area contributed by atoms with Crippen LogP contribution in [0, 0.1) is 17.0 Å². The van der Waals surface area contributed by atoms with E-state index in [0.717, 1.165) is 18.1 Å². The molecule has 10 nitrogen and oxygen atoms in total. The van der Waals surface area contributed by atoms with Gasteiger partial charge in [-0.1, -0.05) is 17.7 Å². The second-order valence-electron chi connectivity index (χ2n) is 5.10. The van der Waals surface area contributed by atoms with E-state index in [1.807, 2.05) is 6.92 Å². The number of aromatic nitrogens is 2. The highest BCUT2D eigenvalue weighted by Gasteiger charge is 2.15. The highest BCUT2D eigenvalue weighted by Crippen LogP contribution is 2.12. The minimum absolute atomic E-state index is 0.0271. The number of nitrogens with one attached hydrogen (secondary N) is 1. The van der Waals surface area contributed by atoms with Gasteiger partial charge in [-0.05, 0) is 29.0 Å². The van der Waals surface area contributed by atoms with Crippen molar-refractivity contribution < 1.29 is 22.3 Å². The molecule has 0 fully saturated rings. The van der Waals surface area contributed by atoms with Gasteiger partial charge < -0.3 is 20.0 Å². The molecule has 1 aromatic carbocycles. The van der Waals surface area contributed by atoms with Crippen molar-refractivity contribution in [2.75, 3.05) is 13.2 Å². The Morgan fingerprint density at radius 2 is 2.04 bits per heavy atom. The number of imidazole rings is 1. The van der Waals surface area contributed by atoms with E-state index in [9.17, 15) is 23.3 Å². The van der Waals surface area contributed by atoms with Crippen molar-refractivity contribution in [3.63, 3.8) is 0 Å². The van der Waals surface area contributed by atoms with Crippen molar-refractivity contribution in [3.8, 4) is 0 Å². The SMILES string of the molecule is Cc1ccc(S(=O)(=O)OCCNC(=O)Cn2cnc([N+](=O)[O-])c2)cc1. The number of rotatable bonds is 8. The van der Waals surface area contributed by atoms with Gasteiger partial charge >= 0.3 is 5.82 Å². The smallest absolute Gasteiger partial charge is 0.358 e. The first-order valence-corrected chi connectivity index (χ1v) is 8.58. The Labute approximate surface area is 143 Å². The van der Waals surface area contributed by atoms with Gasteiger partial charge in [0.25, 0.3) is 10.1 Å². The molecule has 2 rings (SSSR count). The van der Waals surface area contributed by atoms with Crippen LogP contribution >= 0.6 is 0 Å². The van der Waals surface area contributed by atoms with Crippen molar-refractivity contribution in [1.82, 2.24) is 14.9 Å². The second kappa shape index (κ2) is 7.85. The van der Waals surface area contributed by atoms with Crippen LogP contribution in [0.3, 0.4) is 0 Å². The normalized spacial score (nSPS) is 11.2. The zero-order valence-corrected chi connectivity index (χ0v) is 14.1. The number of amides is 1. The van der Waals surface area contributed by atoms with Crippen LogP contribution in [-0.2, 0) is 25.6 Å². The zero-order chi connectivity index (χ0) is 18.4. The molecule has 0 saturated carbocycles. The molecule has 1 aromatic heterocycles. The molecule has 0 atom stereocenters. The number of nitro groups is 1. The maximum Gasteiger partial charge on any atom is 0.381 e. The van der Waals surface area contributed by atoms with Crippen LogP contribution < -0.4 is 5.32 Å². The van der Waals surface area contributed by atoms with E-state index in [-0.39, 0.29) is 30.4 Å². The zero-order valence-electron chi connectivity index (χ0n) is 13.3. The Bertz CT molecular complexity index is 860. The van der Waals surface area contributed by atoms with Gasteiger partial charge in [-0.2, -0.15) is 8.42 Å². The third kappa shape index (κ3) is 5.36. The molecular weight excluding hydrogens is 352 g/mol. The van der Waals surface area contributed by atoms with Crippen LogP contribution in [0.2, 0.25) is 0 Å². The van der Waals surface area contributed by atoms with Gasteiger partial charge in [0.1, 0.15) is 12.7 Å². The molecule has 0 saturated heterocycles. The van der Waals surface area contributed by atoms with E-state index in [0.29, 0.717) is 0 Å². The molecule has 0 unspecified atom stereocenters. The summed E-state index contributed by atoms with van der Waals surface area (Å²) in [7, 11) is -3.88. The summed E-state index contributed by atoms with van der Waals surface area (Å²) in [6.45, 7) is 1.40. The molecule has 0 aliphatic carbocycles. The van der Waals surface area contributed by atoms with Crippen LogP contribution in [0.25, 0.3) is 0 Å². The molecule has 0 bridgehead atoms. The lowest BCUT2D eigenvalue weighted by Gasteiger charge is -2.07. The van der Waals surface area contributed by atoms with Crippen LogP contribution in [-0.4, -0.2) is 42.0 Å². The van der Waals surface area contributed by atoms with Crippen molar-refractivity contribution in [3.05, 3.63) is 52.5 Å². The minimum Gasteiger partial charge on any atom is -0.358 e. The van der Waals surface area contributed by atoms with Gasteiger partial charge in [-0.3, -0.25) is 8.98 Å². The number of hydrogen-bond acceptors (Lipinski definition) is 7. The summed E-state index contributed by atoms with van der Waals surface area (Å²) in [5.41, 5.74) is 0.922. The Morgan fingerprint density at radius 3 is 2.64 bits per heavy atom. The quantitative estimate of drug-likeness (QED) is 0.312. The molecule has 0 radical (unpaired) electrons. The van der Waals surface area contributed by atoms with E-state index in [4.69, 9.17) is 4.18 Å². The van der Waals surface area contributed by atoms with Crippen molar-refractivity contribution >= 4 is 21.8 Å². The third-order valence-corrected chi connectivity index (χ3v) is 4.43. The van der Waals surface area contributed by atoms with Gasteiger partial charge in [0.15, 0.2) is 0 Å². The van der Waals surface area contributed by atoms with Gasteiger partial charge in [-0.15, -0.1) is 0 Å². The topological polar surface area (TPSA) is 133 Å². The molecule has 0 aliphatic heterocycles. The summed E-state index contributed by atoms with van der Waals surface area (Å²) >= 11 is 0. The number of nitrogens with zero attached hydrogens (tertiary/aromatic N) is 3. The van der Waals surface area contributed by atoms with Gasteiger partial charge in [0.05, 0.1) is 11.5 Å². The molecule has 1 heterocycles. The van der Waals surface area contributed by atoms with Crippen LogP contribution in [0.1, 0.15) is 5.56 Å². The highest BCUT2D eigenvalue weighted by atomic mass is 32.2. The van der Waals surface area contributed by atoms with Crippen LogP contribution in [0.5, 0.6) is 0 Å². The summed E-state index contributed by atoms with van der Waals surface area (Å²) in [5.74, 6) is -0.816. The van der Waals surface area contributed by atoms with E-state index in [2.05, 4.69) is 10.3 Å². The first-order chi connectivity index (χ1) is 11.8. The Balaban J connectivity index is 1.77. The molecular formula is C14H16N4O6S. The van der Waals surface area contributed by atoms with Gasteiger partial charge in [0.2, 0.25) is 12.2 Å². The molecule has 1 amide bonds. The standard InChI is InChI=1S/C14H16N4O6S/c1-11-2-4-12(5-3-11)25(22,23)24-7-6-15-14(19)9-17-8-13(16-10-17)18(20)21/h2-5,8,10H,6-7,9H2,1H3,(H,15,19). The van der Waals surface area contributed by atoms with Crippen LogP contribution in [0.4, 0.5) is 5.82 Å². The van der Waals surface area contributed by atoms with Crippen molar-refractivity contribution in [2.24, 2.45) is 0 Å². The predicted octanol–water partition coefficient (Wildman–Crippen LogP) is 0.621. The Kier molecular flexibility index (Phi) is 5.83. The molecule has 0 aliphatic rings. The highest BCUT2D eigenvalue weighted by molar-refractivity contribution is 7.86. The lowest BCUT2D eigenvalue weighted by atomic mass is 10.2.